The number of rotatable bonds is 5. The Hall–Kier alpha value is -1.82. The Labute approximate surface area is 98.8 Å². The number of primary amides is 1. The van der Waals surface area contributed by atoms with Crippen LogP contribution < -0.4 is 16.8 Å². The summed E-state index contributed by atoms with van der Waals surface area (Å²) in [5.74, 6) is 0. The third kappa shape index (κ3) is 4.14. The molecule has 0 heterocycles. The van der Waals surface area contributed by atoms with E-state index in [0.29, 0.717) is 11.5 Å². The molecule has 0 fully saturated rings. The minimum atomic E-state index is -0.773. The van der Waals surface area contributed by atoms with Crippen LogP contribution in [0.15, 0.2) is 24.3 Å². The molecule has 0 aliphatic carbocycles. The van der Waals surface area contributed by atoms with Gasteiger partial charge in [0, 0.05) is 17.8 Å². The Morgan fingerprint density at radius 3 is 2.44 bits per heavy atom. The molecule has 0 aliphatic heterocycles. The lowest BCUT2D eigenvalue weighted by molar-refractivity contribution is 0.161. The van der Waals surface area contributed by atoms with Crippen molar-refractivity contribution in [1.29, 1.82) is 0 Å². The normalized spacial score (nSPS) is 9.50. The fourth-order valence-electron chi connectivity index (χ4n) is 1.10. The fourth-order valence-corrected chi connectivity index (χ4v) is 1.24. The summed E-state index contributed by atoms with van der Waals surface area (Å²) in [6.07, 6.45) is -0.773. The minimum absolute atomic E-state index is 0.229. The van der Waals surface area contributed by atoms with Crippen molar-refractivity contribution in [3.05, 3.63) is 29.8 Å². The van der Waals surface area contributed by atoms with Crippen molar-refractivity contribution in [1.82, 2.24) is 0 Å². The molecule has 0 radical (unpaired) electrons. The lowest BCUT2D eigenvalue weighted by Gasteiger charge is -2.06. The molecular weight excluding hydrogens is 226 g/mol. The van der Waals surface area contributed by atoms with Crippen LogP contribution >= 0.6 is 12.2 Å². The zero-order valence-electron chi connectivity index (χ0n) is 8.60. The van der Waals surface area contributed by atoms with E-state index in [1.165, 1.54) is 0 Å². The van der Waals surface area contributed by atoms with Gasteiger partial charge in [-0.05, 0) is 24.3 Å². The summed E-state index contributed by atoms with van der Waals surface area (Å²) < 4.78 is 4.56. The summed E-state index contributed by atoms with van der Waals surface area (Å²) in [5.41, 5.74) is 12.0. The Bertz CT molecular complexity index is 378. The molecule has 0 unspecified atom stereocenters. The summed E-state index contributed by atoms with van der Waals surface area (Å²) in [5, 5.41) is 3.05. The van der Waals surface area contributed by atoms with Crippen LogP contribution in [0, 0.1) is 0 Å². The van der Waals surface area contributed by atoms with E-state index in [1.807, 2.05) is 24.3 Å². The number of benzene rings is 1. The van der Waals surface area contributed by atoms with Gasteiger partial charge >= 0.3 is 6.09 Å². The van der Waals surface area contributed by atoms with Gasteiger partial charge in [-0.15, -0.1) is 0 Å². The van der Waals surface area contributed by atoms with Gasteiger partial charge in [-0.3, -0.25) is 0 Å². The third-order valence-electron chi connectivity index (χ3n) is 1.84. The molecule has 0 aromatic heterocycles. The van der Waals surface area contributed by atoms with Crippen LogP contribution in [0.5, 0.6) is 0 Å². The van der Waals surface area contributed by atoms with Crippen LogP contribution in [0.2, 0.25) is 0 Å². The van der Waals surface area contributed by atoms with Gasteiger partial charge in [0.15, 0.2) is 0 Å². The van der Waals surface area contributed by atoms with E-state index in [-0.39, 0.29) is 6.61 Å². The summed E-state index contributed by atoms with van der Waals surface area (Å²) in [7, 11) is 0. The number of nitrogens with one attached hydrogen (secondary N) is 1. The van der Waals surface area contributed by atoms with E-state index in [0.717, 1.165) is 11.3 Å². The third-order valence-corrected chi connectivity index (χ3v) is 2.08. The average molecular weight is 239 g/mol. The van der Waals surface area contributed by atoms with E-state index in [2.05, 4.69) is 10.1 Å². The van der Waals surface area contributed by atoms with Crippen molar-refractivity contribution in [2.75, 3.05) is 18.5 Å². The summed E-state index contributed by atoms with van der Waals surface area (Å²) in [6, 6.07) is 7.33. The SMILES string of the molecule is NC(=O)OCCNc1ccc(C(N)=S)cc1. The average Bonchev–Trinajstić information content (AvgIpc) is 2.25. The molecule has 0 bridgehead atoms. The number of hydrogen-bond donors (Lipinski definition) is 3. The molecule has 1 rings (SSSR count). The first-order chi connectivity index (χ1) is 7.59. The van der Waals surface area contributed by atoms with Crippen molar-refractivity contribution < 1.29 is 9.53 Å². The van der Waals surface area contributed by atoms with Gasteiger partial charge in [-0.1, -0.05) is 12.2 Å². The lowest BCUT2D eigenvalue weighted by atomic mass is 10.2. The minimum Gasteiger partial charge on any atom is -0.448 e. The van der Waals surface area contributed by atoms with E-state index in [4.69, 9.17) is 23.7 Å². The Kier molecular flexibility index (Phi) is 4.53. The highest BCUT2D eigenvalue weighted by molar-refractivity contribution is 7.80. The lowest BCUT2D eigenvalue weighted by Crippen LogP contribution is -2.18. The molecule has 5 N–H and O–H groups in total. The number of thiocarbonyl (C=S) groups is 1. The standard InChI is InChI=1S/C10H13N3O2S/c11-9(16)7-1-3-8(4-2-7)13-5-6-15-10(12)14/h1-4,13H,5-6H2,(H2,11,16)(H2,12,14). The smallest absolute Gasteiger partial charge is 0.404 e. The summed E-state index contributed by atoms with van der Waals surface area (Å²) in [6.45, 7) is 0.724. The summed E-state index contributed by atoms with van der Waals surface area (Å²) >= 11 is 4.83. The van der Waals surface area contributed by atoms with Crippen molar-refractivity contribution in [3.63, 3.8) is 0 Å². The van der Waals surface area contributed by atoms with E-state index in [1.54, 1.807) is 0 Å². The molecule has 0 aliphatic rings. The second kappa shape index (κ2) is 5.92. The molecular formula is C10H13N3O2S. The number of hydrogen-bond acceptors (Lipinski definition) is 4. The predicted octanol–water partition coefficient (Wildman–Crippen LogP) is 0.828. The van der Waals surface area contributed by atoms with Crippen molar-refractivity contribution in [2.24, 2.45) is 11.5 Å². The van der Waals surface area contributed by atoms with Gasteiger partial charge in [-0.2, -0.15) is 0 Å². The van der Waals surface area contributed by atoms with Gasteiger partial charge in [0.2, 0.25) is 0 Å². The number of amides is 1. The molecule has 0 saturated heterocycles. The molecule has 1 aromatic carbocycles. The second-order valence-corrected chi connectivity index (χ2v) is 3.48. The molecule has 0 atom stereocenters. The molecule has 0 saturated carbocycles. The van der Waals surface area contributed by atoms with Gasteiger partial charge < -0.3 is 21.5 Å². The zero-order chi connectivity index (χ0) is 12.0. The molecule has 1 aromatic rings. The molecule has 86 valence electrons. The predicted molar refractivity (Wildman–Crippen MR) is 66.4 cm³/mol. The van der Waals surface area contributed by atoms with Crippen molar-refractivity contribution >= 4 is 29.0 Å². The quantitative estimate of drug-likeness (QED) is 0.523. The molecule has 16 heavy (non-hydrogen) atoms. The van der Waals surface area contributed by atoms with Gasteiger partial charge in [0.05, 0.1) is 0 Å². The number of ether oxygens (including phenoxy) is 1. The molecule has 0 spiro atoms. The van der Waals surface area contributed by atoms with Crippen LogP contribution in [0.25, 0.3) is 0 Å². The largest absolute Gasteiger partial charge is 0.448 e. The Morgan fingerprint density at radius 1 is 1.31 bits per heavy atom. The fraction of sp³-hybridized carbons (Fsp3) is 0.200. The summed E-state index contributed by atoms with van der Waals surface area (Å²) in [4.78, 5) is 10.6. The Balaban J connectivity index is 2.38. The van der Waals surface area contributed by atoms with E-state index >= 15 is 0 Å². The van der Waals surface area contributed by atoms with E-state index < -0.39 is 6.09 Å². The van der Waals surface area contributed by atoms with Crippen LogP contribution in [0.1, 0.15) is 5.56 Å². The van der Waals surface area contributed by atoms with Crippen LogP contribution in [-0.2, 0) is 4.74 Å². The molecule has 6 heteroatoms. The number of carbonyl (C=O) groups excluding carboxylic acids is 1. The van der Waals surface area contributed by atoms with Crippen LogP contribution in [0.4, 0.5) is 10.5 Å². The number of nitrogens with two attached hydrogens (primary N) is 2. The van der Waals surface area contributed by atoms with Crippen LogP contribution in [-0.4, -0.2) is 24.2 Å². The number of carbonyl (C=O) groups is 1. The highest BCUT2D eigenvalue weighted by atomic mass is 32.1. The monoisotopic (exact) mass is 239 g/mol. The van der Waals surface area contributed by atoms with Crippen LogP contribution in [0.3, 0.4) is 0 Å². The van der Waals surface area contributed by atoms with Crippen molar-refractivity contribution in [2.45, 2.75) is 0 Å². The second-order valence-electron chi connectivity index (χ2n) is 3.04. The molecule has 5 nitrogen and oxygen atoms in total. The van der Waals surface area contributed by atoms with Gasteiger partial charge in [-0.25, -0.2) is 4.79 Å². The highest BCUT2D eigenvalue weighted by Gasteiger charge is 1.97. The first-order valence-electron chi connectivity index (χ1n) is 4.65. The first-order valence-corrected chi connectivity index (χ1v) is 5.06. The van der Waals surface area contributed by atoms with Gasteiger partial charge in [0.1, 0.15) is 11.6 Å². The Morgan fingerprint density at radius 2 is 1.94 bits per heavy atom. The topological polar surface area (TPSA) is 90.4 Å². The zero-order valence-corrected chi connectivity index (χ0v) is 9.42. The molecule has 1 amide bonds. The highest BCUT2D eigenvalue weighted by Crippen LogP contribution is 2.08. The maximum atomic E-state index is 10.3. The van der Waals surface area contributed by atoms with E-state index in [9.17, 15) is 4.79 Å². The number of anilines is 1. The first kappa shape index (κ1) is 12.3. The maximum absolute atomic E-state index is 10.3. The van der Waals surface area contributed by atoms with Gasteiger partial charge in [0.25, 0.3) is 0 Å². The maximum Gasteiger partial charge on any atom is 0.404 e. The van der Waals surface area contributed by atoms with Crippen molar-refractivity contribution in [3.8, 4) is 0 Å².